The average Bonchev–Trinajstić information content (AvgIpc) is 2.07. The number of nitrogens with two attached hydrogens (primary N) is 1. The minimum atomic E-state index is -0.508. The Morgan fingerprint density at radius 2 is 2.14 bits per heavy atom. The number of carbonyl (C=O) groups excluding carboxylic acids is 1. The smallest absolute Gasteiger partial charge is 0.218 e. The fourth-order valence-electron chi connectivity index (χ4n) is 1.35. The predicted molar refractivity (Wildman–Crippen MR) is 59.4 cm³/mol. The summed E-state index contributed by atoms with van der Waals surface area (Å²) in [6, 6.07) is 5.53. The van der Waals surface area contributed by atoms with Crippen LogP contribution in [0.2, 0.25) is 0 Å². The van der Waals surface area contributed by atoms with Crippen molar-refractivity contribution in [1.29, 1.82) is 0 Å². The van der Waals surface area contributed by atoms with Crippen LogP contribution in [0.5, 0.6) is 0 Å². The molecule has 3 nitrogen and oxygen atoms in total. The Labute approximate surface area is 87.1 Å². The minimum absolute atomic E-state index is 0.134. The molecule has 3 N–H and O–H groups in total. The van der Waals surface area contributed by atoms with Gasteiger partial charge in [0.15, 0.2) is 0 Å². The van der Waals surface area contributed by atoms with Crippen LogP contribution < -0.4 is 11.1 Å². The fraction of sp³-hybridized carbons (Fsp3) is 0.300. The second-order valence-corrected chi connectivity index (χ2v) is 4.91. The minimum Gasteiger partial charge on any atom is -0.399 e. The lowest BCUT2D eigenvalue weighted by Gasteiger charge is -2.31. The number of fused-ring (bicyclic) bond motifs is 1. The van der Waals surface area contributed by atoms with Gasteiger partial charge in [0.05, 0.1) is 5.69 Å². The van der Waals surface area contributed by atoms with Gasteiger partial charge in [0, 0.05) is 10.6 Å². The van der Waals surface area contributed by atoms with Crippen molar-refractivity contribution in [2.75, 3.05) is 11.1 Å². The normalized spacial score (nSPS) is 18.6. The van der Waals surface area contributed by atoms with Crippen molar-refractivity contribution in [3.05, 3.63) is 18.2 Å². The second kappa shape index (κ2) is 2.92. The Bertz CT molecular complexity index is 401. The highest BCUT2D eigenvalue weighted by Crippen LogP contribution is 2.38. The zero-order chi connectivity index (χ0) is 10.3. The molecule has 0 bridgehead atoms. The van der Waals surface area contributed by atoms with E-state index >= 15 is 0 Å². The Morgan fingerprint density at radius 3 is 2.86 bits per heavy atom. The molecule has 0 amide bonds. The number of rotatable bonds is 0. The SMILES string of the molecule is CC1(C)Nc2cc(N)ccc2SC1=O. The molecular formula is C10H12N2OS. The van der Waals surface area contributed by atoms with Gasteiger partial charge in [-0.25, -0.2) is 0 Å². The third-order valence-corrected chi connectivity index (χ3v) is 3.44. The molecule has 0 fully saturated rings. The van der Waals surface area contributed by atoms with E-state index in [2.05, 4.69) is 5.32 Å². The first-order chi connectivity index (χ1) is 6.49. The lowest BCUT2D eigenvalue weighted by Crippen LogP contribution is -2.40. The Morgan fingerprint density at radius 1 is 1.43 bits per heavy atom. The first-order valence-electron chi connectivity index (χ1n) is 4.39. The van der Waals surface area contributed by atoms with Gasteiger partial charge < -0.3 is 11.1 Å². The number of thioether (sulfide) groups is 1. The highest BCUT2D eigenvalue weighted by molar-refractivity contribution is 8.14. The maximum absolute atomic E-state index is 11.6. The van der Waals surface area contributed by atoms with E-state index < -0.39 is 5.54 Å². The molecular weight excluding hydrogens is 196 g/mol. The molecule has 1 heterocycles. The van der Waals surface area contributed by atoms with E-state index in [9.17, 15) is 4.79 Å². The Balaban J connectivity index is 2.46. The van der Waals surface area contributed by atoms with E-state index in [0.717, 1.165) is 10.6 Å². The van der Waals surface area contributed by atoms with Crippen LogP contribution in [-0.4, -0.2) is 10.7 Å². The topological polar surface area (TPSA) is 55.1 Å². The van der Waals surface area contributed by atoms with E-state index in [1.165, 1.54) is 11.8 Å². The summed E-state index contributed by atoms with van der Waals surface area (Å²) in [6.45, 7) is 3.74. The molecule has 2 rings (SSSR count). The van der Waals surface area contributed by atoms with E-state index in [-0.39, 0.29) is 5.12 Å². The van der Waals surface area contributed by atoms with Crippen molar-refractivity contribution in [3.8, 4) is 0 Å². The van der Waals surface area contributed by atoms with Gasteiger partial charge in [-0.05, 0) is 43.8 Å². The van der Waals surface area contributed by atoms with Crippen LogP contribution in [0.15, 0.2) is 23.1 Å². The predicted octanol–water partition coefficient (Wildman–Crippen LogP) is 2.09. The van der Waals surface area contributed by atoms with Crippen LogP contribution >= 0.6 is 11.8 Å². The molecule has 0 saturated carbocycles. The van der Waals surface area contributed by atoms with Crippen molar-refractivity contribution in [3.63, 3.8) is 0 Å². The molecule has 74 valence electrons. The highest BCUT2D eigenvalue weighted by atomic mass is 32.2. The molecule has 0 atom stereocenters. The zero-order valence-electron chi connectivity index (χ0n) is 8.13. The second-order valence-electron chi connectivity index (χ2n) is 3.90. The quantitative estimate of drug-likeness (QED) is 0.641. The molecule has 4 heteroatoms. The summed E-state index contributed by atoms with van der Waals surface area (Å²) < 4.78 is 0. The summed E-state index contributed by atoms with van der Waals surface area (Å²) in [4.78, 5) is 12.6. The third kappa shape index (κ3) is 1.46. The summed E-state index contributed by atoms with van der Waals surface area (Å²) >= 11 is 1.27. The van der Waals surface area contributed by atoms with Gasteiger partial charge in [-0.3, -0.25) is 4.79 Å². The largest absolute Gasteiger partial charge is 0.399 e. The van der Waals surface area contributed by atoms with Crippen LogP contribution in [0.25, 0.3) is 0 Å². The summed E-state index contributed by atoms with van der Waals surface area (Å²) in [5.74, 6) is 0. The number of nitrogens with one attached hydrogen (secondary N) is 1. The van der Waals surface area contributed by atoms with Gasteiger partial charge in [0.2, 0.25) is 5.12 Å². The summed E-state index contributed by atoms with van der Waals surface area (Å²) in [6.07, 6.45) is 0. The zero-order valence-corrected chi connectivity index (χ0v) is 8.94. The van der Waals surface area contributed by atoms with Crippen molar-refractivity contribution in [1.82, 2.24) is 0 Å². The molecule has 1 aliphatic heterocycles. The molecule has 0 radical (unpaired) electrons. The number of nitrogen functional groups attached to an aromatic ring is 1. The molecule has 0 unspecified atom stereocenters. The van der Waals surface area contributed by atoms with Crippen molar-refractivity contribution in [2.24, 2.45) is 0 Å². The maximum Gasteiger partial charge on any atom is 0.218 e. The summed E-state index contributed by atoms with van der Waals surface area (Å²) in [5.41, 5.74) is 6.82. The van der Waals surface area contributed by atoms with Crippen molar-refractivity contribution < 1.29 is 4.79 Å². The standard InChI is InChI=1S/C10H12N2OS/c1-10(2)9(13)14-8-4-3-6(11)5-7(8)12-10/h3-5,12H,11H2,1-2H3. The number of hydrogen-bond donors (Lipinski definition) is 2. The van der Waals surface area contributed by atoms with Gasteiger partial charge in [-0.2, -0.15) is 0 Å². The van der Waals surface area contributed by atoms with E-state index in [1.807, 2.05) is 26.0 Å². The van der Waals surface area contributed by atoms with E-state index in [0.29, 0.717) is 5.69 Å². The van der Waals surface area contributed by atoms with Gasteiger partial charge in [0.25, 0.3) is 0 Å². The van der Waals surface area contributed by atoms with Crippen LogP contribution in [-0.2, 0) is 4.79 Å². The lowest BCUT2D eigenvalue weighted by atomic mass is 10.1. The van der Waals surface area contributed by atoms with Crippen LogP contribution in [0.4, 0.5) is 11.4 Å². The lowest BCUT2D eigenvalue weighted by molar-refractivity contribution is -0.114. The molecule has 1 aliphatic rings. The molecule has 0 spiro atoms. The molecule has 1 aromatic rings. The molecule has 0 aromatic heterocycles. The van der Waals surface area contributed by atoms with Gasteiger partial charge in [-0.15, -0.1) is 0 Å². The maximum atomic E-state index is 11.6. The molecule has 0 saturated heterocycles. The molecule has 14 heavy (non-hydrogen) atoms. The van der Waals surface area contributed by atoms with Crippen molar-refractivity contribution in [2.45, 2.75) is 24.3 Å². The Kier molecular flexibility index (Phi) is 1.96. The molecule has 1 aromatic carbocycles. The van der Waals surface area contributed by atoms with E-state index in [4.69, 9.17) is 5.73 Å². The van der Waals surface area contributed by atoms with Crippen LogP contribution in [0.3, 0.4) is 0 Å². The first-order valence-corrected chi connectivity index (χ1v) is 5.21. The number of carbonyl (C=O) groups is 1. The Hall–Kier alpha value is -1.16. The number of hydrogen-bond acceptors (Lipinski definition) is 4. The van der Waals surface area contributed by atoms with Crippen LogP contribution in [0, 0.1) is 0 Å². The third-order valence-electron chi connectivity index (χ3n) is 2.16. The summed E-state index contributed by atoms with van der Waals surface area (Å²) in [7, 11) is 0. The van der Waals surface area contributed by atoms with Gasteiger partial charge in [-0.1, -0.05) is 0 Å². The van der Waals surface area contributed by atoms with Gasteiger partial charge in [0.1, 0.15) is 5.54 Å². The van der Waals surface area contributed by atoms with Crippen molar-refractivity contribution >= 4 is 28.3 Å². The molecule has 0 aliphatic carbocycles. The first kappa shape index (κ1) is 9.40. The highest BCUT2D eigenvalue weighted by Gasteiger charge is 2.33. The summed E-state index contributed by atoms with van der Waals surface area (Å²) in [5, 5.41) is 3.31. The fourth-order valence-corrected chi connectivity index (χ4v) is 2.21. The number of benzene rings is 1. The van der Waals surface area contributed by atoms with Crippen LogP contribution in [0.1, 0.15) is 13.8 Å². The van der Waals surface area contributed by atoms with Gasteiger partial charge >= 0.3 is 0 Å². The number of anilines is 2. The van der Waals surface area contributed by atoms with E-state index in [1.54, 1.807) is 6.07 Å². The monoisotopic (exact) mass is 208 g/mol. The average molecular weight is 208 g/mol.